The van der Waals surface area contributed by atoms with Crippen LogP contribution in [0.1, 0.15) is 28.4 Å². The molecule has 166 valence electrons. The number of benzene rings is 3. The number of carbonyl (C=O) groups is 2. The third kappa shape index (κ3) is 5.93. The van der Waals surface area contributed by atoms with Gasteiger partial charge >= 0.3 is 0 Å². The van der Waals surface area contributed by atoms with Crippen LogP contribution < -0.4 is 20.5 Å². The van der Waals surface area contributed by atoms with Gasteiger partial charge in [0.2, 0.25) is 15.9 Å². The first-order valence-corrected chi connectivity index (χ1v) is 11.2. The van der Waals surface area contributed by atoms with Gasteiger partial charge in [0.05, 0.1) is 30.2 Å². The highest BCUT2D eigenvalue weighted by Gasteiger charge is 2.21. The second-order valence-corrected chi connectivity index (χ2v) is 8.52. The van der Waals surface area contributed by atoms with Gasteiger partial charge in [-0.3, -0.25) is 9.59 Å². The number of anilines is 1. The maximum atomic E-state index is 12.8. The van der Waals surface area contributed by atoms with Crippen molar-refractivity contribution in [1.82, 2.24) is 5.32 Å². The van der Waals surface area contributed by atoms with Gasteiger partial charge in [-0.15, -0.1) is 0 Å². The van der Waals surface area contributed by atoms with Gasteiger partial charge in [-0.2, -0.15) is 0 Å². The van der Waals surface area contributed by atoms with E-state index in [0.717, 1.165) is 5.56 Å². The van der Waals surface area contributed by atoms with Gasteiger partial charge in [0, 0.05) is 5.56 Å². The number of nitrogens with two attached hydrogens (primary N) is 1. The van der Waals surface area contributed by atoms with E-state index in [4.69, 9.17) is 9.88 Å². The quantitative estimate of drug-likeness (QED) is 0.483. The van der Waals surface area contributed by atoms with E-state index >= 15 is 0 Å². The van der Waals surface area contributed by atoms with Gasteiger partial charge < -0.3 is 15.4 Å². The van der Waals surface area contributed by atoms with Crippen LogP contribution in [-0.2, 0) is 14.8 Å². The molecule has 0 saturated carbocycles. The number of carbonyl (C=O) groups excluding carboxylic acids is 2. The molecule has 9 heteroatoms. The predicted molar refractivity (Wildman–Crippen MR) is 121 cm³/mol. The van der Waals surface area contributed by atoms with E-state index in [1.807, 2.05) is 36.4 Å². The molecule has 1 unspecified atom stereocenters. The molecule has 8 nitrogen and oxygen atoms in total. The summed E-state index contributed by atoms with van der Waals surface area (Å²) >= 11 is 0. The minimum atomic E-state index is -3.96. The summed E-state index contributed by atoms with van der Waals surface area (Å²) in [5, 5.41) is 10.7. The monoisotopic (exact) mass is 453 g/mol. The van der Waals surface area contributed by atoms with E-state index in [1.165, 1.54) is 25.3 Å². The van der Waals surface area contributed by atoms with Crippen LogP contribution in [0.2, 0.25) is 0 Å². The molecule has 0 aliphatic carbocycles. The van der Waals surface area contributed by atoms with Crippen LogP contribution in [0.25, 0.3) is 0 Å². The van der Waals surface area contributed by atoms with E-state index in [9.17, 15) is 18.0 Å². The van der Waals surface area contributed by atoms with Crippen LogP contribution in [0.3, 0.4) is 0 Å². The molecule has 0 saturated heterocycles. The maximum absolute atomic E-state index is 12.8. The summed E-state index contributed by atoms with van der Waals surface area (Å²) in [6.07, 6.45) is -0.0919. The Morgan fingerprint density at radius 1 is 0.969 bits per heavy atom. The lowest BCUT2D eigenvalue weighted by molar-refractivity contribution is -0.116. The van der Waals surface area contributed by atoms with Gasteiger partial charge in [0.25, 0.3) is 5.91 Å². The van der Waals surface area contributed by atoms with Crippen molar-refractivity contribution in [2.45, 2.75) is 17.4 Å². The topological polar surface area (TPSA) is 128 Å². The van der Waals surface area contributed by atoms with E-state index in [1.54, 1.807) is 24.3 Å². The summed E-state index contributed by atoms with van der Waals surface area (Å²) in [6, 6.07) is 21.1. The smallest absolute Gasteiger partial charge is 0.251 e. The molecule has 1 atom stereocenters. The highest BCUT2D eigenvalue weighted by molar-refractivity contribution is 7.89. The van der Waals surface area contributed by atoms with Crippen LogP contribution in [0.5, 0.6) is 5.75 Å². The summed E-state index contributed by atoms with van der Waals surface area (Å²) in [4.78, 5) is 25.4. The molecule has 32 heavy (non-hydrogen) atoms. The van der Waals surface area contributed by atoms with E-state index in [-0.39, 0.29) is 28.7 Å². The molecule has 3 aromatic carbocycles. The molecule has 0 bridgehead atoms. The zero-order valence-corrected chi connectivity index (χ0v) is 18.1. The zero-order valence-electron chi connectivity index (χ0n) is 17.3. The fourth-order valence-electron chi connectivity index (χ4n) is 3.12. The molecule has 0 radical (unpaired) electrons. The Bertz CT molecular complexity index is 1200. The number of sulfonamides is 1. The lowest BCUT2D eigenvalue weighted by Crippen LogP contribution is -2.31. The molecular weight excluding hydrogens is 430 g/mol. The first-order valence-electron chi connectivity index (χ1n) is 9.69. The molecule has 4 N–H and O–H groups in total. The summed E-state index contributed by atoms with van der Waals surface area (Å²) in [6.45, 7) is 0. The average Bonchev–Trinajstić information content (AvgIpc) is 2.79. The summed E-state index contributed by atoms with van der Waals surface area (Å²) < 4.78 is 28.5. The molecule has 0 aliphatic rings. The van der Waals surface area contributed by atoms with Crippen molar-refractivity contribution in [3.8, 4) is 5.75 Å². The largest absolute Gasteiger partial charge is 0.495 e. The summed E-state index contributed by atoms with van der Waals surface area (Å²) in [5.74, 6) is -0.492. The van der Waals surface area contributed by atoms with Crippen molar-refractivity contribution >= 4 is 27.5 Å². The highest BCUT2D eigenvalue weighted by Crippen LogP contribution is 2.28. The number of nitrogens with one attached hydrogen (secondary N) is 2. The fraction of sp³-hybridized carbons (Fsp3) is 0.130. The first kappa shape index (κ1) is 23.0. The van der Waals surface area contributed by atoms with Crippen molar-refractivity contribution in [2.24, 2.45) is 5.14 Å². The molecule has 0 aliphatic heterocycles. The number of ether oxygens (including phenoxy) is 1. The van der Waals surface area contributed by atoms with E-state index < -0.39 is 22.0 Å². The average molecular weight is 454 g/mol. The van der Waals surface area contributed by atoms with Crippen LogP contribution in [-0.4, -0.2) is 27.3 Å². The van der Waals surface area contributed by atoms with Crippen LogP contribution in [0.4, 0.5) is 5.69 Å². The second kappa shape index (κ2) is 10.1. The third-order valence-electron chi connectivity index (χ3n) is 4.71. The Balaban J connectivity index is 1.82. The lowest BCUT2D eigenvalue weighted by atomic mass is 10.0. The van der Waals surface area contributed by atoms with Crippen molar-refractivity contribution in [1.29, 1.82) is 0 Å². The second-order valence-electron chi connectivity index (χ2n) is 6.96. The molecule has 2 amide bonds. The van der Waals surface area contributed by atoms with Gasteiger partial charge in [0.15, 0.2) is 0 Å². The zero-order chi connectivity index (χ0) is 23.1. The Morgan fingerprint density at radius 3 is 2.19 bits per heavy atom. The van der Waals surface area contributed by atoms with E-state index in [0.29, 0.717) is 5.56 Å². The molecule has 0 aromatic heterocycles. The van der Waals surface area contributed by atoms with Crippen molar-refractivity contribution < 1.29 is 22.7 Å². The van der Waals surface area contributed by atoms with Gasteiger partial charge in [-0.1, -0.05) is 48.5 Å². The molecule has 0 spiro atoms. The standard InChI is InChI=1S/C23H23N3O5S/c1-31-21-13-12-18(32(24,29)30)14-20(21)25-22(27)15-19(16-8-4-2-5-9-16)26-23(28)17-10-6-3-7-11-17/h2-14,19H,15H2,1H3,(H,25,27)(H,26,28)(H2,24,29,30). The minimum Gasteiger partial charge on any atom is -0.495 e. The molecule has 0 fully saturated rings. The Morgan fingerprint density at radius 2 is 1.59 bits per heavy atom. The fourth-order valence-corrected chi connectivity index (χ4v) is 3.66. The Kier molecular flexibility index (Phi) is 7.24. The number of primary sulfonamides is 1. The van der Waals surface area contributed by atoms with Gasteiger partial charge in [-0.05, 0) is 35.9 Å². The lowest BCUT2D eigenvalue weighted by Gasteiger charge is -2.20. The molecule has 3 rings (SSSR count). The van der Waals surface area contributed by atoms with Crippen molar-refractivity contribution in [3.63, 3.8) is 0 Å². The predicted octanol–water partition coefficient (Wildman–Crippen LogP) is 2.84. The molecular formula is C23H23N3O5S. The minimum absolute atomic E-state index is 0.0919. The van der Waals surface area contributed by atoms with Crippen LogP contribution >= 0.6 is 0 Å². The van der Waals surface area contributed by atoms with Crippen LogP contribution in [0, 0.1) is 0 Å². The van der Waals surface area contributed by atoms with Crippen molar-refractivity contribution in [2.75, 3.05) is 12.4 Å². The Labute approximate surface area is 186 Å². The highest BCUT2D eigenvalue weighted by atomic mass is 32.2. The molecule has 0 heterocycles. The number of hydrogen-bond acceptors (Lipinski definition) is 5. The SMILES string of the molecule is COc1ccc(S(N)(=O)=O)cc1NC(=O)CC(NC(=O)c1ccccc1)c1ccccc1. The summed E-state index contributed by atoms with van der Waals surface area (Å²) in [5.41, 5.74) is 1.37. The normalized spacial score (nSPS) is 11.9. The number of methoxy groups -OCH3 is 1. The van der Waals surface area contributed by atoms with Crippen molar-refractivity contribution in [3.05, 3.63) is 90.0 Å². The summed E-state index contributed by atoms with van der Waals surface area (Å²) in [7, 11) is -2.57. The van der Waals surface area contributed by atoms with E-state index in [2.05, 4.69) is 10.6 Å². The van der Waals surface area contributed by atoms with Crippen LogP contribution in [0.15, 0.2) is 83.8 Å². The number of amides is 2. The Hall–Kier alpha value is -3.69. The number of hydrogen-bond donors (Lipinski definition) is 3. The van der Waals surface area contributed by atoms with Gasteiger partial charge in [-0.25, -0.2) is 13.6 Å². The maximum Gasteiger partial charge on any atom is 0.251 e. The first-order chi connectivity index (χ1) is 15.3. The number of rotatable bonds is 8. The van der Waals surface area contributed by atoms with Gasteiger partial charge in [0.1, 0.15) is 5.75 Å². The molecule has 3 aromatic rings. The third-order valence-corrected chi connectivity index (χ3v) is 5.62.